The highest BCUT2D eigenvalue weighted by atomic mass is 32.2. The molecular weight excluding hydrogens is 558 g/mol. The van der Waals surface area contributed by atoms with Crippen molar-refractivity contribution < 1.29 is 27.1 Å². The smallest absolute Gasteiger partial charge is 0.233 e. The Morgan fingerprint density at radius 3 is 2.20 bits per heavy atom. The van der Waals surface area contributed by atoms with Crippen LogP contribution in [0.4, 0.5) is 0 Å². The number of hydrogen-bond acceptors (Lipinski definition) is 8. The monoisotopic (exact) mass is 599 g/mol. The van der Waals surface area contributed by atoms with E-state index in [-0.39, 0.29) is 11.1 Å². The summed E-state index contributed by atoms with van der Waals surface area (Å²) in [7, 11) is -3.79. The van der Waals surface area contributed by atoms with Crippen LogP contribution >= 0.6 is 0 Å². The second-order valence-corrected chi connectivity index (χ2v) is 18.8. The summed E-state index contributed by atoms with van der Waals surface area (Å²) in [5, 5.41) is -0.0119. The van der Waals surface area contributed by atoms with Crippen LogP contribution in [-0.4, -0.2) is 65.2 Å². The number of benzene rings is 1. The number of methoxy groups -OCH3 is 1. The van der Waals surface area contributed by atoms with Crippen LogP contribution < -0.4 is 9.47 Å². The average Bonchev–Trinajstić information content (AvgIpc) is 3.58. The van der Waals surface area contributed by atoms with Crippen molar-refractivity contribution in [2.75, 3.05) is 26.5 Å². The number of ether oxygens (including phenoxy) is 3. The first-order valence-electron chi connectivity index (χ1n) is 13.9. The largest absolute Gasteiger partial charge is 0.497 e. The van der Waals surface area contributed by atoms with E-state index in [1.165, 1.54) is 12.3 Å². The maximum Gasteiger partial charge on any atom is 0.233 e. The van der Waals surface area contributed by atoms with Gasteiger partial charge in [-0.1, -0.05) is 41.5 Å². The predicted molar refractivity (Wildman–Crippen MR) is 163 cm³/mol. The molecule has 11 heteroatoms. The van der Waals surface area contributed by atoms with Crippen molar-refractivity contribution in [3.8, 4) is 28.5 Å². The van der Waals surface area contributed by atoms with Gasteiger partial charge in [0.1, 0.15) is 29.0 Å². The normalized spacial score (nSPS) is 15.9. The van der Waals surface area contributed by atoms with Crippen molar-refractivity contribution in [1.29, 1.82) is 0 Å². The molecule has 1 aliphatic heterocycles. The molecule has 222 valence electrons. The Balaban J connectivity index is 1.46. The molecule has 1 aromatic carbocycles. The van der Waals surface area contributed by atoms with Crippen molar-refractivity contribution in [1.82, 2.24) is 9.97 Å². The van der Waals surface area contributed by atoms with Crippen molar-refractivity contribution >= 4 is 24.1 Å². The van der Waals surface area contributed by atoms with Crippen LogP contribution in [0.2, 0.25) is 16.6 Å². The molecule has 0 spiro atoms. The third kappa shape index (κ3) is 6.85. The Morgan fingerprint density at radius 2 is 1.61 bits per heavy atom. The third-order valence-electron chi connectivity index (χ3n) is 7.61. The van der Waals surface area contributed by atoms with Crippen molar-refractivity contribution in [3.63, 3.8) is 0 Å². The molecule has 0 radical (unpaired) electrons. The van der Waals surface area contributed by atoms with Gasteiger partial charge in [-0.05, 0) is 53.0 Å². The zero-order valence-electron chi connectivity index (χ0n) is 25.1. The number of rotatable bonds is 12. The van der Waals surface area contributed by atoms with Gasteiger partial charge in [-0.2, -0.15) is 0 Å². The second kappa shape index (κ2) is 12.4. The van der Waals surface area contributed by atoms with Gasteiger partial charge < -0.3 is 23.6 Å². The number of nitrogens with one attached hydrogen (secondary N) is 1. The molecule has 4 rings (SSSR count). The molecule has 1 N–H and O–H groups in total. The molecule has 0 unspecified atom stereocenters. The van der Waals surface area contributed by atoms with Crippen LogP contribution in [-0.2, 0) is 19.0 Å². The molecule has 9 nitrogen and oxygen atoms in total. The second-order valence-electron chi connectivity index (χ2n) is 11.4. The maximum absolute atomic E-state index is 11.7. The highest BCUT2D eigenvalue weighted by molar-refractivity contribution is 7.90. The number of H-pyrrole nitrogens is 1. The number of sulfone groups is 1. The van der Waals surface area contributed by atoms with Crippen molar-refractivity contribution in [2.45, 2.75) is 69.3 Å². The van der Waals surface area contributed by atoms with E-state index in [1.807, 2.05) is 24.3 Å². The van der Waals surface area contributed by atoms with E-state index in [2.05, 4.69) is 56.5 Å². The Kier molecular flexibility index (Phi) is 9.30. The Labute approximate surface area is 244 Å². The molecule has 0 bridgehead atoms. The molecule has 3 aromatic rings. The molecule has 3 heterocycles. The van der Waals surface area contributed by atoms with Gasteiger partial charge in [0, 0.05) is 23.6 Å². The Morgan fingerprint density at radius 1 is 0.951 bits per heavy atom. The number of aromatic nitrogens is 2. The molecule has 41 heavy (non-hydrogen) atoms. The molecule has 1 atom stereocenters. The lowest BCUT2D eigenvalue weighted by molar-refractivity contribution is 0.131. The Bertz CT molecular complexity index is 1460. The van der Waals surface area contributed by atoms with Gasteiger partial charge in [-0.25, -0.2) is 18.4 Å². The molecule has 0 saturated carbocycles. The van der Waals surface area contributed by atoms with Gasteiger partial charge in [0.25, 0.3) is 0 Å². The van der Waals surface area contributed by atoms with Crippen LogP contribution in [0.3, 0.4) is 0 Å². The first kappa shape index (κ1) is 30.8. The molecule has 1 aliphatic rings. The van der Waals surface area contributed by atoms with E-state index in [4.69, 9.17) is 18.6 Å². The number of aromatic amines is 1. The fraction of sp³-hybridized carbons (Fsp3) is 0.467. The van der Waals surface area contributed by atoms with Gasteiger partial charge in [-0.3, -0.25) is 0 Å². The molecule has 2 aromatic heterocycles. The summed E-state index contributed by atoms with van der Waals surface area (Å²) in [5.41, 5.74) is 3.99. The summed E-state index contributed by atoms with van der Waals surface area (Å²) in [4.78, 5) is 12.1. The van der Waals surface area contributed by atoms with E-state index >= 15 is 0 Å². The fourth-order valence-electron chi connectivity index (χ4n) is 5.76. The maximum atomic E-state index is 11.7. The minimum Gasteiger partial charge on any atom is -0.497 e. The van der Waals surface area contributed by atoms with Gasteiger partial charge in [0.15, 0.2) is 14.9 Å². The minimum absolute atomic E-state index is 0.0119. The Hall–Kier alpha value is -3.15. The quantitative estimate of drug-likeness (QED) is 0.233. The van der Waals surface area contributed by atoms with Crippen LogP contribution in [0.25, 0.3) is 11.3 Å². The lowest BCUT2D eigenvalue weighted by Gasteiger charge is -2.42. The van der Waals surface area contributed by atoms with Crippen molar-refractivity contribution in [2.24, 2.45) is 4.99 Å². The average molecular weight is 600 g/mol. The first-order valence-corrected chi connectivity index (χ1v) is 17.9. The van der Waals surface area contributed by atoms with Crippen LogP contribution in [0.15, 0.2) is 58.7 Å². The summed E-state index contributed by atoms with van der Waals surface area (Å²) in [6, 6.07) is 12.4. The highest BCUT2D eigenvalue weighted by Gasteiger charge is 2.45. The standard InChI is InChI=1S/C30H41N3O6SSi/c1-19(2)41(20(3)4,21(5)6)37-18-26-17-32-30(39-26)28-11-10-27(33-28)22-13-24(36-7)15-25(14-22)38-23-9-12-29(31-16-23)40(8,34)35/h9-16,19-21,26,33H,17-18H2,1-8H3/t26-/m1/s1. The van der Waals surface area contributed by atoms with Gasteiger partial charge >= 0.3 is 0 Å². The van der Waals surface area contributed by atoms with Gasteiger partial charge in [0.05, 0.1) is 26.5 Å². The van der Waals surface area contributed by atoms with E-state index in [1.54, 1.807) is 19.2 Å². The van der Waals surface area contributed by atoms with Gasteiger partial charge in [0.2, 0.25) is 14.2 Å². The zero-order chi connectivity index (χ0) is 29.9. The van der Waals surface area contributed by atoms with E-state index in [9.17, 15) is 8.42 Å². The topological polar surface area (TPSA) is 112 Å². The zero-order valence-corrected chi connectivity index (χ0v) is 26.9. The van der Waals surface area contributed by atoms with Gasteiger partial charge in [-0.15, -0.1) is 0 Å². The van der Waals surface area contributed by atoms with Crippen molar-refractivity contribution in [3.05, 3.63) is 54.4 Å². The minimum atomic E-state index is -3.39. The summed E-state index contributed by atoms with van der Waals surface area (Å²) >= 11 is 0. The van der Waals surface area contributed by atoms with E-state index < -0.39 is 18.2 Å². The first-order chi connectivity index (χ1) is 19.3. The third-order valence-corrected chi connectivity index (χ3v) is 14.7. The molecule has 0 saturated heterocycles. The fourth-order valence-corrected chi connectivity index (χ4v) is 11.8. The highest BCUT2D eigenvalue weighted by Crippen LogP contribution is 2.42. The molecule has 0 aliphatic carbocycles. The summed E-state index contributed by atoms with van der Waals surface area (Å²) in [6.45, 7) is 14.8. The lowest BCUT2D eigenvalue weighted by Crippen LogP contribution is -2.49. The molecule has 0 fully saturated rings. The number of pyridine rings is 1. The lowest BCUT2D eigenvalue weighted by atomic mass is 10.1. The number of nitrogens with zero attached hydrogens (tertiary/aromatic N) is 2. The summed E-state index contributed by atoms with van der Waals surface area (Å²) in [6.07, 6.45) is 2.39. The van der Waals surface area contributed by atoms with Crippen LogP contribution in [0.1, 0.15) is 47.2 Å². The van der Waals surface area contributed by atoms with E-state index in [0.717, 1.165) is 23.2 Å². The predicted octanol–water partition coefficient (Wildman–Crippen LogP) is 6.62. The molecule has 0 amide bonds. The SMILES string of the molecule is COc1cc(Oc2ccc(S(C)(=O)=O)nc2)cc(-c2ccc(C3=NC[C@H](CO[Si](C(C)C)(C(C)C)C(C)C)O3)[nH]2)c1. The number of hydrogen-bond donors (Lipinski definition) is 1. The summed E-state index contributed by atoms with van der Waals surface area (Å²) < 4.78 is 47.8. The number of aliphatic imine (C=N–C) groups is 1. The van der Waals surface area contributed by atoms with Crippen LogP contribution in [0.5, 0.6) is 17.2 Å². The van der Waals surface area contributed by atoms with Crippen LogP contribution in [0, 0.1) is 0 Å². The van der Waals surface area contributed by atoms with E-state index in [0.29, 0.717) is 52.9 Å². The summed E-state index contributed by atoms with van der Waals surface area (Å²) in [5.74, 6) is 2.11. The molecular formula is C30H41N3O6SSi.